The summed E-state index contributed by atoms with van der Waals surface area (Å²) in [7, 11) is 0. The van der Waals surface area contributed by atoms with Gasteiger partial charge in [-0.05, 0) is 37.8 Å². The first kappa shape index (κ1) is 20.6. The molecule has 0 aliphatic carbocycles. The number of carboxylic acids is 1. The van der Waals surface area contributed by atoms with Crippen LogP contribution in [0.15, 0.2) is 26.0 Å². The normalized spacial score (nSPS) is 13.0. The Labute approximate surface area is 167 Å². The minimum absolute atomic E-state index is 0.140. The van der Waals surface area contributed by atoms with Gasteiger partial charge in [-0.15, -0.1) is 0 Å². The smallest absolute Gasteiger partial charge is 0.340 e. The summed E-state index contributed by atoms with van der Waals surface area (Å²) >= 11 is 0. The van der Waals surface area contributed by atoms with Gasteiger partial charge in [0.15, 0.2) is 0 Å². The third-order valence-electron chi connectivity index (χ3n) is 5.22. The van der Waals surface area contributed by atoms with Crippen LogP contribution in [0.3, 0.4) is 0 Å². The second-order valence-corrected chi connectivity index (χ2v) is 8.43. The lowest BCUT2D eigenvalue weighted by atomic mass is 9.86. The molecule has 0 saturated heterocycles. The van der Waals surface area contributed by atoms with Crippen LogP contribution in [0.25, 0.3) is 21.9 Å². The van der Waals surface area contributed by atoms with Gasteiger partial charge >= 0.3 is 5.63 Å². The molecular weight excluding hydrogens is 374 g/mol. The summed E-state index contributed by atoms with van der Waals surface area (Å²) in [4.78, 5) is 35.6. The number of furan rings is 1. The number of hydrogen-bond acceptors (Lipinski definition) is 6. The molecule has 2 heterocycles. The highest BCUT2D eigenvalue weighted by Crippen LogP contribution is 2.37. The molecule has 2 aromatic heterocycles. The molecule has 1 aromatic carbocycles. The highest BCUT2D eigenvalue weighted by Gasteiger charge is 2.24. The Kier molecular flexibility index (Phi) is 5.03. The van der Waals surface area contributed by atoms with E-state index >= 15 is 0 Å². The summed E-state index contributed by atoms with van der Waals surface area (Å²) in [6, 6.07) is 0.767. The van der Waals surface area contributed by atoms with Crippen LogP contribution in [0, 0.1) is 13.8 Å². The van der Waals surface area contributed by atoms with Gasteiger partial charge in [0.2, 0.25) is 5.91 Å². The van der Waals surface area contributed by atoms with Crippen LogP contribution in [0.4, 0.5) is 0 Å². The van der Waals surface area contributed by atoms with E-state index < -0.39 is 23.5 Å². The van der Waals surface area contributed by atoms with E-state index in [0.29, 0.717) is 16.7 Å². The molecule has 0 unspecified atom stereocenters. The molecule has 0 aliphatic heterocycles. The number of aliphatic carboxylic acids is 1. The average molecular weight is 398 g/mol. The fraction of sp³-hybridized carbons (Fsp3) is 0.409. The van der Waals surface area contributed by atoms with E-state index in [-0.39, 0.29) is 17.4 Å². The molecule has 0 aliphatic rings. The number of amides is 1. The second-order valence-electron chi connectivity index (χ2n) is 8.43. The first-order valence-corrected chi connectivity index (χ1v) is 9.39. The van der Waals surface area contributed by atoms with Crippen molar-refractivity contribution in [2.45, 2.75) is 59.4 Å². The molecule has 0 fully saturated rings. The van der Waals surface area contributed by atoms with Gasteiger partial charge in [0.1, 0.15) is 11.2 Å². The summed E-state index contributed by atoms with van der Waals surface area (Å²) in [6.07, 6.45) is 1.44. The van der Waals surface area contributed by atoms with Gasteiger partial charge in [-0.25, -0.2) is 4.79 Å². The van der Waals surface area contributed by atoms with Gasteiger partial charge in [-0.3, -0.25) is 4.79 Å². The van der Waals surface area contributed by atoms with Gasteiger partial charge < -0.3 is 24.1 Å². The van der Waals surface area contributed by atoms with E-state index in [4.69, 9.17) is 8.83 Å². The largest absolute Gasteiger partial charge is 0.548 e. The van der Waals surface area contributed by atoms with Gasteiger partial charge in [0.05, 0.1) is 30.3 Å². The summed E-state index contributed by atoms with van der Waals surface area (Å²) in [6.45, 7) is 11.1. The first-order valence-electron chi connectivity index (χ1n) is 9.39. The lowest BCUT2D eigenvalue weighted by Gasteiger charge is -2.17. The van der Waals surface area contributed by atoms with Crippen molar-refractivity contribution in [3.05, 3.63) is 45.0 Å². The standard InChI is InChI=1S/C22H25NO6/c1-10-13-7-15-16(22(4,5)6)9-28-18(15)11(2)19(13)29-21(27)14(10)8-17(24)23-12(3)20(25)26/h7,9,12H,8H2,1-6H3,(H,23,24)(H,25,26)/p-1/t12-/m0/s1. The number of hydrogen-bond donors (Lipinski definition) is 1. The zero-order chi connectivity index (χ0) is 21.7. The molecule has 29 heavy (non-hydrogen) atoms. The molecule has 0 spiro atoms. The summed E-state index contributed by atoms with van der Waals surface area (Å²) < 4.78 is 11.3. The topological polar surface area (TPSA) is 113 Å². The van der Waals surface area contributed by atoms with Crippen molar-refractivity contribution in [1.82, 2.24) is 5.32 Å². The third kappa shape index (κ3) is 3.64. The van der Waals surface area contributed by atoms with Crippen molar-refractivity contribution in [1.29, 1.82) is 0 Å². The summed E-state index contributed by atoms with van der Waals surface area (Å²) in [5.74, 6) is -1.98. The highest BCUT2D eigenvalue weighted by molar-refractivity contribution is 6.00. The molecule has 0 saturated carbocycles. The van der Waals surface area contributed by atoms with Gasteiger partial charge in [0, 0.05) is 21.9 Å². The summed E-state index contributed by atoms with van der Waals surface area (Å²) in [5, 5.41) is 14.8. The van der Waals surface area contributed by atoms with Gasteiger partial charge in [-0.2, -0.15) is 0 Å². The Morgan fingerprint density at radius 1 is 1.14 bits per heavy atom. The molecule has 7 heteroatoms. The molecule has 1 N–H and O–H groups in total. The molecular formula is C22H24NO6-. The molecule has 154 valence electrons. The van der Waals surface area contributed by atoms with Crippen molar-refractivity contribution < 1.29 is 23.5 Å². The molecule has 1 amide bonds. The van der Waals surface area contributed by atoms with E-state index in [2.05, 4.69) is 26.1 Å². The lowest BCUT2D eigenvalue weighted by Crippen LogP contribution is -2.46. The number of carbonyl (C=O) groups excluding carboxylic acids is 2. The number of rotatable bonds is 4. The van der Waals surface area contributed by atoms with Gasteiger partial charge in [0.25, 0.3) is 0 Å². The number of aryl methyl sites for hydroxylation is 2. The van der Waals surface area contributed by atoms with Crippen LogP contribution in [0.5, 0.6) is 0 Å². The predicted molar refractivity (Wildman–Crippen MR) is 107 cm³/mol. The molecule has 7 nitrogen and oxygen atoms in total. The van der Waals surface area contributed by atoms with Crippen molar-refractivity contribution in [3.63, 3.8) is 0 Å². The van der Waals surface area contributed by atoms with Crippen LogP contribution in [0.1, 0.15) is 49.9 Å². The monoisotopic (exact) mass is 398 g/mol. The molecule has 1 atom stereocenters. The van der Waals surface area contributed by atoms with E-state index in [0.717, 1.165) is 21.9 Å². The van der Waals surface area contributed by atoms with Crippen LogP contribution >= 0.6 is 0 Å². The fourth-order valence-electron chi connectivity index (χ4n) is 3.49. The Morgan fingerprint density at radius 3 is 2.38 bits per heavy atom. The minimum atomic E-state index is -1.40. The second kappa shape index (κ2) is 7.06. The Hall–Kier alpha value is -3.09. The third-order valence-corrected chi connectivity index (χ3v) is 5.22. The molecule has 3 rings (SSSR count). The Bertz CT molecular complexity index is 1190. The zero-order valence-corrected chi connectivity index (χ0v) is 17.4. The molecule has 0 radical (unpaired) electrons. The first-order chi connectivity index (χ1) is 13.4. The SMILES string of the molecule is Cc1c(CC(=O)N[C@@H](C)C(=O)[O-])c(=O)oc2c(C)c3occ(C(C)(C)C)c3cc12. The number of benzene rings is 1. The van der Waals surface area contributed by atoms with Crippen molar-refractivity contribution >= 4 is 33.8 Å². The van der Waals surface area contributed by atoms with E-state index in [9.17, 15) is 19.5 Å². The molecule has 0 bridgehead atoms. The van der Waals surface area contributed by atoms with E-state index in [1.807, 2.05) is 13.0 Å². The number of nitrogens with one attached hydrogen (secondary N) is 1. The minimum Gasteiger partial charge on any atom is -0.548 e. The number of carbonyl (C=O) groups is 2. The quantitative estimate of drug-likeness (QED) is 0.675. The van der Waals surface area contributed by atoms with Crippen LogP contribution in [-0.2, 0) is 21.4 Å². The summed E-state index contributed by atoms with van der Waals surface area (Å²) in [5.41, 5.74) is 2.88. The van der Waals surface area contributed by atoms with Crippen molar-refractivity contribution in [2.75, 3.05) is 0 Å². The predicted octanol–water partition coefficient (Wildman–Crippen LogP) is 2.25. The molecule has 3 aromatic rings. The highest BCUT2D eigenvalue weighted by atomic mass is 16.4. The lowest BCUT2D eigenvalue weighted by molar-refractivity contribution is -0.307. The van der Waals surface area contributed by atoms with Crippen molar-refractivity contribution in [2.24, 2.45) is 0 Å². The Balaban J connectivity index is 2.17. The van der Waals surface area contributed by atoms with E-state index in [1.54, 1.807) is 13.2 Å². The average Bonchev–Trinajstić information content (AvgIpc) is 3.04. The maximum Gasteiger partial charge on any atom is 0.340 e. The fourth-order valence-corrected chi connectivity index (χ4v) is 3.49. The van der Waals surface area contributed by atoms with Crippen LogP contribution in [-0.4, -0.2) is 17.9 Å². The number of fused-ring (bicyclic) bond motifs is 2. The van der Waals surface area contributed by atoms with E-state index in [1.165, 1.54) is 6.92 Å². The van der Waals surface area contributed by atoms with Crippen LogP contribution < -0.4 is 16.0 Å². The zero-order valence-electron chi connectivity index (χ0n) is 17.4. The maximum atomic E-state index is 12.6. The van der Waals surface area contributed by atoms with Crippen molar-refractivity contribution in [3.8, 4) is 0 Å². The van der Waals surface area contributed by atoms with Crippen LogP contribution in [0.2, 0.25) is 0 Å². The maximum absolute atomic E-state index is 12.6. The number of carboxylic acid groups (broad SMARTS) is 1. The van der Waals surface area contributed by atoms with Gasteiger partial charge in [-0.1, -0.05) is 20.8 Å². The Morgan fingerprint density at radius 2 is 1.79 bits per heavy atom.